The van der Waals surface area contributed by atoms with Crippen LogP contribution in [0.2, 0.25) is 0 Å². The highest BCUT2D eigenvalue weighted by Crippen LogP contribution is 2.17. The molecule has 16 heavy (non-hydrogen) atoms. The Morgan fingerprint density at radius 2 is 2.12 bits per heavy atom. The highest BCUT2D eigenvalue weighted by molar-refractivity contribution is 5.75. The molecule has 0 amide bonds. The number of rotatable bonds is 2. The van der Waals surface area contributed by atoms with E-state index < -0.39 is 0 Å². The van der Waals surface area contributed by atoms with Gasteiger partial charge in [-0.25, -0.2) is 4.98 Å². The van der Waals surface area contributed by atoms with Gasteiger partial charge < -0.3 is 5.32 Å². The van der Waals surface area contributed by atoms with Crippen LogP contribution in [-0.2, 0) is 0 Å². The maximum absolute atomic E-state index is 10.7. The van der Waals surface area contributed by atoms with Gasteiger partial charge in [0.2, 0.25) is 0 Å². The van der Waals surface area contributed by atoms with Crippen molar-refractivity contribution >= 4 is 17.8 Å². The first kappa shape index (κ1) is 10.7. The van der Waals surface area contributed by atoms with Crippen LogP contribution in [-0.4, -0.2) is 21.2 Å². The molecule has 0 aliphatic heterocycles. The van der Waals surface area contributed by atoms with Crippen LogP contribution in [0.5, 0.6) is 0 Å². The number of aromatic nitrogens is 2. The van der Waals surface area contributed by atoms with E-state index in [1.807, 2.05) is 10.5 Å². The minimum Gasteiger partial charge on any atom is -0.365 e. The van der Waals surface area contributed by atoms with E-state index in [1.54, 1.807) is 18.5 Å². The van der Waals surface area contributed by atoms with Crippen LogP contribution in [0.1, 0.15) is 31.1 Å². The average molecular weight is 217 g/mol. The maximum Gasteiger partial charge on any atom is 0.151 e. The monoisotopic (exact) mass is 217 g/mol. The zero-order valence-electron chi connectivity index (χ0n) is 9.69. The Labute approximate surface area is 94.3 Å². The summed E-state index contributed by atoms with van der Waals surface area (Å²) in [5.41, 5.74) is 1.44. The number of nitrogens with zero attached hydrogens (tertiary/aromatic N) is 2. The van der Waals surface area contributed by atoms with Gasteiger partial charge in [0, 0.05) is 17.3 Å². The van der Waals surface area contributed by atoms with Crippen molar-refractivity contribution in [1.82, 2.24) is 9.38 Å². The summed E-state index contributed by atoms with van der Waals surface area (Å²) in [4.78, 5) is 15.0. The number of imidazole rings is 1. The van der Waals surface area contributed by atoms with E-state index in [0.29, 0.717) is 5.56 Å². The molecule has 0 bridgehead atoms. The molecule has 0 aliphatic rings. The Morgan fingerprint density at radius 1 is 1.38 bits per heavy atom. The van der Waals surface area contributed by atoms with E-state index in [-0.39, 0.29) is 5.54 Å². The van der Waals surface area contributed by atoms with Crippen molar-refractivity contribution in [2.24, 2.45) is 0 Å². The molecule has 0 saturated carbocycles. The zero-order chi connectivity index (χ0) is 11.8. The van der Waals surface area contributed by atoms with E-state index in [9.17, 15) is 4.79 Å². The number of carbonyl (C=O) groups is 1. The maximum atomic E-state index is 10.7. The SMILES string of the molecule is CC(C)(C)Nc1cnc2ccc(C=O)cn12. The normalized spacial score (nSPS) is 11.7. The van der Waals surface area contributed by atoms with E-state index in [2.05, 4.69) is 31.1 Å². The van der Waals surface area contributed by atoms with Crippen LogP contribution in [0.3, 0.4) is 0 Å². The summed E-state index contributed by atoms with van der Waals surface area (Å²) in [5, 5.41) is 3.34. The molecule has 0 unspecified atom stereocenters. The first-order valence-electron chi connectivity index (χ1n) is 5.20. The minimum absolute atomic E-state index is 0.0346. The zero-order valence-corrected chi connectivity index (χ0v) is 9.69. The van der Waals surface area contributed by atoms with Crippen LogP contribution >= 0.6 is 0 Å². The molecule has 4 nitrogen and oxygen atoms in total. The number of carbonyl (C=O) groups excluding carboxylic acids is 1. The van der Waals surface area contributed by atoms with E-state index in [1.165, 1.54) is 0 Å². The largest absolute Gasteiger partial charge is 0.365 e. The molecule has 0 atom stereocenters. The number of fused-ring (bicyclic) bond motifs is 1. The third kappa shape index (κ3) is 2.05. The fourth-order valence-corrected chi connectivity index (χ4v) is 1.54. The van der Waals surface area contributed by atoms with Crippen molar-refractivity contribution in [2.45, 2.75) is 26.3 Å². The quantitative estimate of drug-likeness (QED) is 0.785. The van der Waals surface area contributed by atoms with Gasteiger partial charge in [0.25, 0.3) is 0 Å². The number of pyridine rings is 1. The van der Waals surface area contributed by atoms with E-state index in [4.69, 9.17) is 0 Å². The van der Waals surface area contributed by atoms with Crippen LogP contribution < -0.4 is 5.32 Å². The highest BCUT2D eigenvalue weighted by atomic mass is 16.1. The molecule has 0 fully saturated rings. The lowest BCUT2D eigenvalue weighted by atomic mass is 10.1. The van der Waals surface area contributed by atoms with E-state index in [0.717, 1.165) is 17.8 Å². The molecule has 0 aliphatic carbocycles. The number of hydrogen-bond acceptors (Lipinski definition) is 3. The summed E-state index contributed by atoms with van der Waals surface area (Å²) in [6.07, 6.45) is 4.39. The van der Waals surface area contributed by atoms with Gasteiger partial charge in [-0.2, -0.15) is 0 Å². The lowest BCUT2D eigenvalue weighted by Crippen LogP contribution is -2.26. The van der Waals surface area contributed by atoms with Crippen molar-refractivity contribution in [2.75, 3.05) is 5.32 Å². The van der Waals surface area contributed by atoms with Gasteiger partial charge in [0.1, 0.15) is 11.5 Å². The molecule has 4 heteroatoms. The van der Waals surface area contributed by atoms with Gasteiger partial charge in [-0.05, 0) is 32.9 Å². The molecule has 0 saturated heterocycles. The number of nitrogens with one attached hydrogen (secondary N) is 1. The fraction of sp³-hybridized carbons (Fsp3) is 0.333. The van der Waals surface area contributed by atoms with Crippen molar-refractivity contribution < 1.29 is 4.79 Å². The fourth-order valence-electron chi connectivity index (χ4n) is 1.54. The summed E-state index contributed by atoms with van der Waals surface area (Å²) in [6.45, 7) is 6.24. The molecule has 2 rings (SSSR count). The van der Waals surface area contributed by atoms with Gasteiger partial charge in [0.05, 0.1) is 6.20 Å². The Bertz CT molecular complexity index is 523. The smallest absolute Gasteiger partial charge is 0.151 e. The third-order valence-corrected chi connectivity index (χ3v) is 2.17. The minimum atomic E-state index is -0.0346. The van der Waals surface area contributed by atoms with Gasteiger partial charge in [-0.1, -0.05) is 0 Å². The average Bonchev–Trinajstić information content (AvgIpc) is 2.58. The Balaban J connectivity index is 2.50. The van der Waals surface area contributed by atoms with Crippen LogP contribution in [0.4, 0.5) is 5.82 Å². The molecule has 0 spiro atoms. The molecule has 84 valence electrons. The second-order valence-electron chi connectivity index (χ2n) is 4.83. The van der Waals surface area contributed by atoms with Crippen molar-refractivity contribution in [1.29, 1.82) is 0 Å². The van der Waals surface area contributed by atoms with Crippen molar-refractivity contribution in [3.63, 3.8) is 0 Å². The highest BCUT2D eigenvalue weighted by Gasteiger charge is 2.12. The summed E-state index contributed by atoms with van der Waals surface area (Å²) >= 11 is 0. The topological polar surface area (TPSA) is 46.4 Å². The molecule has 2 aromatic heterocycles. The lowest BCUT2D eigenvalue weighted by molar-refractivity contribution is 0.112. The Kier molecular flexibility index (Phi) is 2.42. The van der Waals surface area contributed by atoms with Gasteiger partial charge in [-0.15, -0.1) is 0 Å². The third-order valence-electron chi connectivity index (χ3n) is 2.17. The van der Waals surface area contributed by atoms with Crippen LogP contribution in [0, 0.1) is 0 Å². The molecule has 2 aromatic rings. The first-order valence-corrected chi connectivity index (χ1v) is 5.20. The summed E-state index contributed by atoms with van der Waals surface area (Å²) < 4.78 is 1.88. The molecule has 1 N–H and O–H groups in total. The molecule has 0 aromatic carbocycles. The van der Waals surface area contributed by atoms with Crippen molar-refractivity contribution in [3.05, 3.63) is 30.1 Å². The molecular formula is C12H15N3O. The number of hydrogen-bond donors (Lipinski definition) is 1. The van der Waals surface area contributed by atoms with Gasteiger partial charge >= 0.3 is 0 Å². The molecule has 2 heterocycles. The second kappa shape index (κ2) is 3.63. The van der Waals surface area contributed by atoms with Crippen molar-refractivity contribution in [3.8, 4) is 0 Å². The van der Waals surface area contributed by atoms with Gasteiger partial charge in [0.15, 0.2) is 6.29 Å². The van der Waals surface area contributed by atoms with Crippen LogP contribution in [0.25, 0.3) is 5.65 Å². The first-order chi connectivity index (χ1) is 7.49. The summed E-state index contributed by atoms with van der Waals surface area (Å²) in [6, 6.07) is 3.59. The number of aldehydes is 1. The Hall–Kier alpha value is -1.84. The molecule has 0 radical (unpaired) electrons. The standard InChI is InChI=1S/C12H15N3O/c1-12(2,3)14-11-6-13-10-5-4-9(8-16)7-15(10)11/h4-8,14H,1-3H3. The number of anilines is 1. The molecular weight excluding hydrogens is 202 g/mol. The van der Waals surface area contributed by atoms with Crippen LogP contribution in [0.15, 0.2) is 24.5 Å². The summed E-state index contributed by atoms with van der Waals surface area (Å²) in [7, 11) is 0. The van der Waals surface area contributed by atoms with Gasteiger partial charge in [-0.3, -0.25) is 9.20 Å². The second-order valence-corrected chi connectivity index (χ2v) is 4.83. The Morgan fingerprint density at radius 3 is 2.75 bits per heavy atom. The van der Waals surface area contributed by atoms with E-state index >= 15 is 0 Å². The predicted octanol–water partition coefficient (Wildman–Crippen LogP) is 2.36. The lowest BCUT2D eigenvalue weighted by Gasteiger charge is -2.21. The summed E-state index contributed by atoms with van der Waals surface area (Å²) in [5.74, 6) is 0.895. The predicted molar refractivity (Wildman–Crippen MR) is 64.0 cm³/mol.